The molecule has 0 aliphatic heterocycles. The lowest BCUT2D eigenvalue weighted by molar-refractivity contribution is 0.587. The molecule has 2 heterocycles. The molecule has 0 bridgehead atoms. The molecule has 0 amide bonds. The fourth-order valence-electron chi connectivity index (χ4n) is 1.15. The normalized spacial score (nSPS) is 10.1. The predicted molar refractivity (Wildman–Crippen MR) is 60.1 cm³/mol. The zero-order valence-corrected chi connectivity index (χ0v) is 9.27. The molecule has 14 heavy (non-hydrogen) atoms. The van der Waals surface area contributed by atoms with E-state index in [1.54, 1.807) is 24.5 Å². The molecule has 0 spiro atoms. The summed E-state index contributed by atoms with van der Waals surface area (Å²) in [4.78, 5) is 7.59. The van der Waals surface area contributed by atoms with Gasteiger partial charge in [-0.15, -0.1) is 0 Å². The summed E-state index contributed by atoms with van der Waals surface area (Å²) in [5.74, 6) is -0.460. The van der Waals surface area contributed by atoms with Crippen molar-refractivity contribution in [3.8, 4) is 11.1 Å². The third-order valence-corrected chi connectivity index (χ3v) is 2.37. The van der Waals surface area contributed by atoms with Crippen LogP contribution in [0.1, 0.15) is 0 Å². The van der Waals surface area contributed by atoms with Crippen molar-refractivity contribution in [2.45, 2.75) is 0 Å². The highest BCUT2D eigenvalue weighted by molar-refractivity contribution is 14.1. The minimum absolute atomic E-state index is 0.460. The van der Waals surface area contributed by atoms with Crippen LogP contribution >= 0.6 is 22.6 Å². The van der Waals surface area contributed by atoms with Crippen molar-refractivity contribution in [1.29, 1.82) is 0 Å². The smallest absolute Gasteiger partial charge is 0.220 e. The third kappa shape index (κ3) is 1.89. The molecule has 70 valence electrons. The Morgan fingerprint density at radius 1 is 1.29 bits per heavy atom. The molecule has 0 atom stereocenters. The van der Waals surface area contributed by atoms with Gasteiger partial charge in [-0.05, 0) is 34.7 Å². The lowest BCUT2D eigenvalue weighted by atomic mass is 10.1. The van der Waals surface area contributed by atoms with Gasteiger partial charge in [-0.2, -0.15) is 4.39 Å². The van der Waals surface area contributed by atoms with Gasteiger partial charge in [0.2, 0.25) is 5.95 Å². The molecule has 2 nitrogen and oxygen atoms in total. The summed E-state index contributed by atoms with van der Waals surface area (Å²) in [7, 11) is 0. The van der Waals surface area contributed by atoms with Gasteiger partial charge in [-0.25, -0.2) is 4.98 Å². The fraction of sp³-hybridized carbons (Fsp3) is 0. The average Bonchev–Trinajstić information content (AvgIpc) is 2.23. The van der Waals surface area contributed by atoms with Crippen LogP contribution in [0.4, 0.5) is 4.39 Å². The first-order valence-corrected chi connectivity index (χ1v) is 5.06. The van der Waals surface area contributed by atoms with Gasteiger partial charge in [0.15, 0.2) is 0 Å². The minimum atomic E-state index is -0.460. The quantitative estimate of drug-likeness (QED) is 0.598. The molecule has 0 saturated carbocycles. The summed E-state index contributed by atoms with van der Waals surface area (Å²) >= 11 is 2.10. The number of pyridine rings is 2. The van der Waals surface area contributed by atoms with E-state index in [2.05, 4.69) is 32.6 Å². The summed E-state index contributed by atoms with van der Waals surface area (Å²) in [6, 6.07) is 5.33. The van der Waals surface area contributed by atoms with E-state index in [4.69, 9.17) is 0 Å². The second-order valence-electron chi connectivity index (χ2n) is 2.73. The molecule has 4 heteroatoms. The molecule has 0 unspecified atom stereocenters. The Morgan fingerprint density at radius 2 is 2.14 bits per heavy atom. The van der Waals surface area contributed by atoms with E-state index in [0.717, 1.165) is 9.13 Å². The topological polar surface area (TPSA) is 25.8 Å². The summed E-state index contributed by atoms with van der Waals surface area (Å²) in [5.41, 5.74) is 1.24. The molecule has 0 N–H and O–H groups in total. The molecule has 2 rings (SSSR count). The number of hydrogen-bond acceptors (Lipinski definition) is 2. The molecule has 0 aliphatic carbocycles. The number of hydrogen-bond donors (Lipinski definition) is 0. The van der Waals surface area contributed by atoms with Crippen LogP contribution in [0.15, 0.2) is 36.8 Å². The number of aromatic nitrogens is 2. The van der Waals surface area contributed by atoms with E-state index >= 15 is 0 Å². The van der Waals surface area contributed by atoms with E-state index in [1.165, 1.54) is 6.20 Å². The maximum Gasteiger partial charge on any atom is 0.220 e. The SMILES string of the molecule is Fc1ncc(I)cc1-c1cccnc1. The summed E-state index contributed by atoms with van der Waals surface area (Å²) < 4.78 is 14.2. The second kappa shape index (κ2) is 4.00. The standard InChI is InChI=1S/C10H6FIN2/c11-10-9(4-8(12)6-14-10)7-2-1-3-13-5-7/h1-6H. The lowest BCUT2D eigenvalue weighted by Crippen LogP contribution is -1.90. The van der Waals surface area contributed by atoms with Crippen molar-refractivity contribution in [1.82, 2.24) is 9.97 Å². The summed E-state index contributed by atoms with van der Waals surface area (Å²) in [6.07, 6.45) is 4.77. The number of rotatable bonds is 1. The molecule has 0 aromatic carbocycles. The summed E-state index contributed by atoms with van der Waals surface area (Å²) in [5, 5.41) is 0. The number of halogens is 2. The Bertz CT molecular complexity index is 445. The van der Waals surface area contributed by atoms with Gasteiger partial charge in [-0.1, -0.05) is 6.07 Å². The van der Waals surface area contributed by atoms with Crippen LogP contribution in [0, 0.1) is 9.52 Å². The lowest BCUT2D eigenvalue weighted by Gasteiger charge is -2.01. The van der Waals surface area contributed by atoms with Crippen LogP contribution < -0.4 is 0 Å². The Balaban J connectivity index is 2.57. The molecule has 2 aromatic rings. The summed E-state index contributed by atoms with van der Waals surface area (Å²) in [6.45, 7) is 0. The van der Waals surface area contributed by atoms with Crippen LogP contribution in [-0.4, -0.2) is 9.97 Å². The first-order chi connectivity index (χ1) is 6.77. The van der Waals surface area contributed by atoms with Crippen LogP contribution in [-0.2, 0) is 0 Å². The van der Waals surface area contributed by atoms with Crippen molar-refractivity contribution in [3.63, 3.8) is 0 Å². The minimum Gasteiger partial charge on any atom is -0.264 e. The van der Waals surface area contributed by atoms with Crippen LogP contribution in [0.5, 0.6) is 0 Å². The van der Waals surface area contributed by atoms with Gasteiger partial charge in [-0.3, -0.25) is 4.98 Å². The number of nitrogens with zero attached hydrogens (tertiary/aromatic N) is 2. The van der Waals surface area contributed by atoms with Gasteiger partial charge < -0.3 is 0 Å². The monoisotopic (exact) mass is 300 g/mol. The zero-order valence-electron chi connectivity index (χ0n) is 7.11. The van der Waals surface area contributed by atoms with Gasteiger partial charge in [0.25, 0.3) is 0 Å². The van der Waals surface area contributed by atoms with Crippen LogP contribution in [0.2, 0.25) is 0 Å². The van der Waals surface area contributed by atoms with E-state index in [-0.39, 0.29) is 0 Å². The van der Waals surface area contributed by atoms with Gasteiger partial charge in [0.05, 0.1) is 0 Å². The van der Waals surface area contributed by atoms with E-state index < -0.39 is 5.95 Å². The van der Waals surface area contributed by atoms with E-state index in [0.29, 0.717) is 5.56 Å². The first kappa shape index (κ1) is 9.51. The first-order valence-electron chi connectivity index (χ1n) is 3.99. The third-order valence-electron chi connectivity index (χ3n) is 1.78. The van der Waals surface area contributed by atoms with Crippen molar-refractivity contribution < 1.29 is 4.39 Å². The molecular formula is C10H6FIN2. The Labute approximate surface area is 94.4 Å². The maximum absolute atomic E-state index is 13.3. The molecule has 0 saturated heterocycles. The maximum atomic E-state index is 13.3. The molecule has 0 aliphatic rings. The highest BCUT2D eigenvalue weighted by atomic mass is 127. The van der Waals surface area contributed by atoms with Crippen molar-refractivity contribution in [2.24, 2.45) is 0 Å². The van der Waals surface area contributed by atoms with Crippen molar-refractivity contribution >= 4 is 22.6 Å². The van der Waals surface area contributed by atoms with E-state index in [9.17, 15) is 4.39 Å². The van der Waals surface area contributed by atoms with Crippen LogP contribution in [0.3, 0.4) is 0 Å². The average molecular weight is 300 g/mol. The van der Waals surface area contributed by atoms with Crippen molar-refractivity contribution in [2.75, 3.05) is 0 Å². The van der Waals surface area contributed by atoms with Gasteiger partial charge >= 0.3 is 0 Å². The molecule has 0 radical (unpaired) electrons. The van der Waals surface area contributed by atoms with Gasteiger partial charge in [0, 0.05) is 33.3 Å². The molecule has 0 fully saturated rings. The van der Waals surface area contributed by atoms with Gasteiger partial charge in [0.1, 0.15) is 0 Å². The largest absolute Gasteiger partial charge is 0.264 e. The Hall–Kier alpha value is -1.04. The molecular weight excluding hydrogens is 294 g/mol. The fourth-order valence-corrected chi connectivity index (χ4v) is 1.60. The second-order valence-corrected chi connectivity index (χ2v) is 3.98. The van der Waals surface area contributed by atoms with Crippen molar-refractivity contribution in [3.05, 3.63) is 46.3 Å². The Kier molecular flexibility index (Phi) is 2.72. The Morgan fingerprint density at radius 3 is 2.86 bits per heavy atom. The predicted octanol–water partition coefficient (Wildman–Crippen LogP) is 2.89. The highest BCUT2D eigenvalue weighted by Crippen LogP contribution is 2.21. The zero-order chi connectivity index (χ0) is 9.97. The van der Waals surface area contributed by atoms with E-state index in [1.807, 2.05) is 6.07 Å². The van der Waals surface area contributed by atoms with Crippen LogP contribution in [0.25, 0.3) is 11.1 Å². The highest BCUT2D eigenvalue weighted by Gasteiger charge is 2.06. The molecule has 2 aromatic heterocycles.